The molecule has 1 saturated carbocycles. The lowest BCUT2D eigenvalue weighted by atomic mass is 10.0. The highest BCUT2D eigenvalue weighted by atomic mass is 32.2. The molecule has 0 bridgehead atoms. The van der Waals surface area contributed by atoms with Crippen LogP contribution in [0.25, 0.3) is 0 Å². The Balaban J connectivity index is 1.24. The van der Waals surface area contributed by atoms with Crippen LogP contribution in [-0.4, -0.2) is 67.2 Å². The molecule has 3 N–H and O–H groups in total. The number of nitrogens with zero attached hydrogens (tertiary/aromatic N) is 1. The van der Waals surface area contributed by atoms with Crippen LogP contribution in [0.3, 0.4) is 0 Å². The van der Waals surface area contributed by atoms with Gasteiger partial charge in [0.05, 0.1) is 5.56 Å². The Morgan fingerprint density at radius 1 is 1.09 bits per heavy atom. The number of benzene rings is 2. The smallest absolute Gasteiger partial charge is 0.255 e. The molecular formula is C27H37N3O4S. The number of amides is 1. The molecule has 0 radical (unpaired) electrons. The second-order valence-corrected chi connectivity index (χ2v) is 12.1. The third-order valence-corrected chi connectivity index (χ3v) is 9.45. The Labute approximate surface area is 208 Å². The summed E-state index contributed by atoms with van der Waals surface area (Å²) in [6, 6.07) is 18.0. The third kappa shape index (κ3) is 6.63. The van der Waals surface area contributed by atoms with Crippen molar-refractivity contribution in [3.63, 3.8) is 0 Å². The van der Waals surface area contributed by atoms with Crippen molar-refractivity contribution >= 4 is 15.7 Å². The zero-order chi connectivity index (χ0) is 24.8. The molecule has 2 fully saturated rings. The average molecular weight is 500 g/mol. The van der Waals surface area contributed by atoms with Crippen LogP contribution in [0.5, 0.6) is 5.75 Å². The molecule has 2 aromatic carbocycles. The molecule has 1 aliphatic carbocycles. The van der Waals surface area contributed by atoms with Gasteiger partial charge >= 0.3 is 0 Å². The van der Waals surface area contributed by atoms with E-state index in [0.717, 1.165) is 25.9 Å². The topological polar surface area (TPSA) is 98.7 Å². The van der Waals surface area contributed by atoms with Crippen LogP contribution < -0.4 is 10.6 Å². The first kappa shape index (κ1) is 25.7. The molecule has 0 aromatic heterocycles. The second-order valence-electron chi connectivity index (χ2n) is 9.66. The molecule has 1 amide bonds. The van der Waals surface area contributed by atoms with Crippen LogP contribution >= 0.6 is 0 Å². The quantitative estimate of drug-likeness (QED) is 0.411. The lowest BCUT2D eigenvalue weighted by Gasteiger charge is -2.37. The lowest BCUT2D eigenvalue weighted by molar-refractivity contribution is 0.0949. The number of nitrogens with one attached hydrogen (secondary N) is 2. The maximum absolute atomic E-state index is 12.9. The summed E-state index contributed by atoms with van der Waals surface area (Å²) in [6.07, 6.45) is 4.09. The third-order valence-electron chi connectivity index (χ3n) is 7.28. The van der Waals surface area contributed by atoms with Gasteiger partial charge in [0.1, 0.15) is 11.1 Å². The number of phenolic OH excluding ortho intramolecular Hbond substituents is 1. The van der Waals surface area contributed by atoms with Gasteiger partial charge in [-0.25, -0.2) is 8.42 Å². The fourth-order valence-corrected chi connectivity index (χ4v) is 6.70. The van der Waals surface area contributed by atoms with Gasteiger partial charge in [-0.15, -0.1) is 0 Å². The van der Waals surface area contributed by atoms with E-state index in [2.05, 4.69) is 39.8 Å². The molecule has 35 heavy (non-hydrogen) atoms. The number of sulfone groups is 1. The first-order chi connectivity index (χ1) is 16.9. The van der Waals surface area contributed by atoms with Crippen LogP contribution in [0.1, 0.15) is 60.9 Å². The molecule has 7 nitrogen and oxygen atoms in total. The summed E-state index contributed by atoms with van der Waals surface area (Å²) >= 11 is 0. The highest BCUT2D eigenvalue weighted by Crippen LogP contribution is 2.41. The van der Waals surface area contributed by atoms with Crippen LogP contribution in [0.2, 0.25) is 0 Å². The first-order valence-corrected chi connectivity index (χ1v) is 14.4. The summed E-state index contributed by atoms with van der Waals surface area (Å²) in [4.78, 5) is 14.4. The Hall–Kier alpha value is -2.42. The number of carbonyl (C=O) groups is 1. The SMILES string of the molecule is CCS(=O)(=O)C(CCCNC(=O)c1ccccc1O)N1CCC(N[C@@H]2C[C@H]2c2ccccc2)CC1. The second kappa shape index (κ2) is 11.5. The van der Waals surface area contributed by atoms with Crippen molar-refractivity contribution in [3.05, 3.63) is 65.7 Å². The number of aromatic hydroxyl groups is 1. The van der Waals surface area contributed by atoms with Crippen molar-refractivity contribution in [2.75, 3.05) is 25.4 Å². The first-order valence-electron chi connectivity index (χ1n) is 12.7. The molecule has 2 aromatic rings. The van der Waals surface area contributed by atoms with E-state index in [1.165, 1.54) is 18.1 Å². The molecule has 8 heteroatoms. The summed E-state index contributed by atoms with van der Waals surface area (Å²) in [5.74, 6) is 0.296. The summed E-state index contributed by atoms with van der Waals surface area (Å²) < 4.78 is 25.8. The minimum absolute atomic E-state index is 0.0609. The molecule has 4 rings (SSSR count). The molecule has 3 atom stereocenters. The van der Waals surface area contributed by atoms with Crippen LogP contribution in [-0.2, 0) is 9.84 Å². The van der Waals surface area contributed by atoms with Crippen molar-refractivity contribution in [1.29, 1.82) is 0 Å². The highest BCUT2D eigenvalue weighted by molar-refractivity contribution is 7.91. The molecule has 1 heterocycles. The minimum atomic E-state index is -3.24. The van der Waals surface area contributed by atoms with E-state index >= 15 is 0 Å². The van der Waals surface area contributed by atoms with Crippen LogP contribution in [0.15, 0.2) is 54.6 Å². The predicted molar refractivity (Wildman–Crippen MR) is 138 cm³/mol. The van der Waals surface area contributed by atoms with Gasteiger partial charge in [0, 0.05) is 43.4 Å². The zero-order valence-corrected chi connectivity index (χ0v) is 21.2. The van der Waals surface area contributed by atoms with Crippen molar-refractivity contribution in [2.24, 2.45) is 0 Å². The lowest BCUT2D eigenvalue weighted by Crippen LogP contribution is -2.50. The number of likely N-dealkylation sites (tertiary alicyclic amines) is 1. The fourth-order valence-electron chi connectivity index (χ4n) is 5.13. The molecule has 1 aliphatic heterocycles. The van der Waals surface area contributed by atoms with Crippen molar-refractivity contribution in [3.8, 4) is 5.75 Å². The normalized spacial score (nSPS) is 22.0. The van der Waals surface area contributed by atoms with Crippen molar-refractivity contribution in [2.45, 2.75) is 62.4 Å². The molecule has 0 spiro atoms. The molecule has 2 aliphatic rings. The number of hydrogen-bond acceptors (Lipinski definition) is 6. The Kier molecular flexibility index (Phi) is 8.46. The van der Waals surface area contributed by atoms with Gasteiger partial charge in [0.2, 0.25) is 0 Å². The van der Waals surface area contributed by atoms with Gasteiger partial charge in [0.25, 0.3) is 5.91 Å². The van der Waals surface area contributed by atoms with Gasteiger partial charge in [-0.1, -0.05) is 49.4 Å². The highest BCUT2D eigenvalue weighted by Gasteiger charge is 2.40. The predicted octanol–water partition coefficient (Wildman–Crippen LogP) is 3.27. The minimum Gasteiger partial charge on any atom is -0.507 e. The standard InChI is InChI=1S/C27H37N3O4S/c1-2-35(33,34)26(13-8-16-28-27(32)22-11-6-7-12-25(22)31)30-17-14-21(15-18-30)29-24-19-23(24)20-9-4-3-5-10-20/h3-7,9-12,21,23-24,26,29,31H,2,8,13-19H2,1H3,(H,28,32)/t23-,24+,26?/m0/s1. The Morgan fingerprint density at radius 2 is 1.77 bits per heavy atom. The summed E-state index contributed by atoms with van der Waals surface area (Å²) in [6.45, 7) is 3.58. The number of para-hydroxylation sites is 1. The number of carbonyl (C=O) groups excluding carboxylic acids is 1. The Bertz CT molecular complexity index is 1080. The Morgan fingerprint density at radius 3 is 2.46 bits per heavy atom. The van der Waals surface area contributed by atoms with Gasteiger partial charge in [-0.05, 0) is 49.8 Å². The maximum atomic E-state index is 12.9. The van der Waals surface area contributed by atoms with Gasteiger partial charge in [0.15, 0.2) is 9.84 Å². The molecule has 1 unspecified atom stereocenters. The molecule has 190 valence electrons. The summed E-state index contributed by atoms with van der Waals surface area (Å²) in [5, 5.41) is 15.9. The molecule has 1 saturated heterocycles. The largest absolute Gasteiger partial charge is 0.507 e. The zero-order valence-electron chi connectivity index (χ0n) is 20.4. The summed E-state index contributed by atoms with van der Waals surface area (Å²) in [5.41, 5.74) is 1.62. The van der Waals surface area contributed by atoms with E-state index in [1.54, 1.807) is 25.1 Å². The number of piperidine rings is 1. The van der Waals surface area contributed by atoms with E-state index in [9.17, 15) is 18.3 Å². The van der Waals surface area contributed by atoms with Crippen molar-refractivity contribution < 1.29 is 18.3 Å². The van der Waals surface area contributed by atoms with Gasteiger partial charge in [-0.3, -0.25) is 9.69 Å². The summed E-state index contributed by atoms with van der Waals surface area (Å²) in [7, 11) is -3.24. The van der Waals surface area contributed by atoms with E-state index in [4.69, 9.17) is 0 Å². The van der Waals surface area contributed by atoms with Gasteiger partial charge in [-0.2, -0.15) is 0 Å². The molecular weight excluding hydrogens is 462 g/mol. The van der Waals surface area contributed by atoms with E-state index in [1.807, 2.05) is 6.07 Å². The maximum Gasteiger partial charge on any atom is 0.255 e. The van der Waals surface area contributed by atoms with Gasteiger partial charge < -0.3 is 15.7 Å². The van der Waals surface area contributed by atoms with E-state index in [-0.39, 0.29) is 23.0 Å². The van der Waals surface area contributed by atoms with Crippen LogP contribution in [0, 0.1) is 0 Å². The number of rotatable bonds is 11. The van der Waals surface area contributed by atoms with E-state index < -0.39 is 15.2 Å². The fraction of sp³-hybridized carbons (Fsp3) is 0.519. The van der Waals surface area contributed by atoms with Crippen molar-refractivity contribution in [1.82, 2.24) is 15.5 Å². The number of hydrogen-bond donors (Lipinski definition) is 3. The van der Waals surface area contributed by atoms with E-state index in [0.29, 0.717) is 37.4 Å². The van der Waals surface area contributed by atoms with Crippen LogP contribution in [0.4, 0.5) is 0 Å². The monoisotopic (exact) mass is 499 g/mol. The number of phenols is 1. The average Bonchev–Trinajstić information content (AvgIpc) is 3.64.